The summed E-state index contributed by atoms with van der Waals surface area (Å²) in [5.74, 6) is 0.786. The highest BCUT2D eigenvalue weighted by Gasteiger charge is 2.16. The van der Waals surface area contributed by atoms with Crippen molar-refractivity contribution in [2.45, 2.75) is 32.5 Å². The molecule has 1 unspecified atom stereocenters. The van der Waals surface area contributed by atoms with Gasteiger partial charge in [0.15, 0.2) is 12.1 Å². The Bertz CT molecular complexity index is 980. The van der Waals surface area contributed by atoms with Crippen molar-refractivity contribution >= 4 is 17.9 Å². The molecule has 0 radical (unpaired) electrons. The van der Waals surface area contributed by atoms with Gasteiger partial charge in [0.05, 0.1) is 24.8 Å². The molecule has 2 aromatic carbocycles. The van der Waals surface area contributed by atoms with Crippen molar-refractivity contribution in [1.29, 1.82) is 0 Å². The molecule has 31 heavy (non-hydrogen) atoms. The van der Waals surface area contributed by atoms with Gasteiger partial charge in [0.25, 0.3) is 0 Å². The number of phenols is 1. The molecule has 1 aliphatic rings. The van der Waals surface area contributed by atoms with Crippen molar-refractivity contribution < 1.29 is 24.1 Å². The van der Waals surface area contributed by atoms with Gasteiger partial charge >= 0.3 is 0 Å². The molecule has 3 rings (SSSR count). The van der Waals surface area contributed by atoms with E-state index in [1.807, 2.05) is 31.2 Å². The van der Waals surface area contributed by atoms with Crippen LogP contribution < -0.4 is 9.47 Å². The first-order valence-corrected chi connectivity index (χ1v) is 10.3. The number of aromatic hydroxyl groups is 1. The Balaban J connectivity index is 1.71. The van der Waals surface area contributed by atoms with Crippen LogP contribution in [0, 0.1) is 0 Å². The molecule has 0 spiro atoms. The number of benzene rings is 2. The smallest absolute Gasteiger partial charge is 0.199 e. The Morgan fingerprint density at radius 1 is 1.13 bits per heavy atom. The van der Waals surface area contributed by atoms with Crippen LogP contribution in [0.15, 0.2) is 60.7 Å². The minimum Gasteiger partial charge on any atom is -0.506 e. The maximum atomic E-state index is 12.7. The van der Waals surface area contributed by atoms with E-state index in [4.69, 9.17) is 14.2 Å². The van der Waals surface area contributed by atoms with Crippen molar-refractivity contribution in [2.75, 3.05) is 13.7 Å². The number of hydrogen-bond donors (Lipinski definition) is 1. The van der Waals surface area contributed by atoms with Gasteiger partial charge in [-0.15, -0.1) is 0 Å². The van der Waals surface area contributed by atoms with Gasteiger partial charge in [-0.05, 0) is 61.7 Å². The van der Waals surface area contributed by atoms with Crippen LogP contribution in [-0.2, 0) is 4.74 Å². The first-order valence-electron chi connectivity index (χ1n) is 10.3. The molecule has 0 aromatic heterocycles. The van der Waals surface area contributed by atoms with Gasteiger partial charge in [0.1, 0.15) is 17.2 Å². The summed E-state index contributed by atoms with van der Waals surface area (Å²) in [6.45, 7) is 6.39. The van der Waals surface area contributed by atoms with Crippen LogP contribution in [0.5, 0.6) is 17.2 Å². The normalized spacial score (nSPS) is 16.5. The molecule has 1 heterocycles. The Morgan fingerprint density at radius 3 is 2.55 bits per heavy atom. The minimum atomic E-state index is -0.305. The number of allylic oxidation sites excluding steroid dienone is 3. The second kappa shape index (κ2) is 10.6. The van der Waals surface area contributed by atoms with E-state index in [0.29, 0.717) is 11.3 Å². The van der Waals surface area contributed by atoms with E-state index in [9.17, 15) is 9.90 Å². The fourth-order valence-electron chi connectivity index (χ4n) is 3.23. The van der Waals surface area contributed by atoms with Gasteiger partial charge in [0, 0.05) is 6.42 Å². The van der Waals surface area contributed by atoms with Gasteiger partial charge in [-0.3, -0.25) is 4.79 Å². The third-order valence-electron chi connectivity index (χ3n) is 4.91. The first-order chi connectivity index (χ1) is 15.0. The van der Waals surface area contributed by atoms with Crippen LogP contribution in [0.1, 0.15) is 47.7 Å². The second-order valence-corrected chi connectivity index (χ2v) is 7.44. The van der Waals surface area contributed by atoms with Gasteiger partial charge < -0.3 is 19.3 Å². The van der Waals surface area contributed by atoms with Gasteiger partial charge in [0.2, 0.25) is 0 Å². The zero-order valence-electron chi connectivity index (χ0n) is 18.0. The number of carbonyl (C=O) groups excluding carboxylic acids is 1. The standard InChI is InChI=1S/C26H28O5/c1-18(2)7-13-22-24(29-3)16-14-21(26(22)28)23(27)15-10-19-8-11-20(12-9-19)31-25-6-4-5-17-30-25/h7-16,25,28H,1,4-6,17H2,2-3H3. The SMILES string of the molecule is C=C(C)C=Cc1c(OC)ccc(C(=O)C=Cc2ccc(OC3CCCCO3)cc2)c1O. The summed E-state index contributed by atoms with van der Waals surface area (Å²) >= 11 is 0. The van der Waals surface area contributed by atoms with Gasteiger partial charge in [-0.1, -0.05) is 36.4 Å². The molecule has 0 bridgehead atoms. The number of phenolic OH excluding ortho intramolecular Hbond substituents is 1. The molecule has 5 heteroatoms. The predicted octanol–water partition coefficient (Wildman–Crippen LogP) is 5.79. The molecule has 2 aromatic rings. The number of hydrogen-bond acceptors (Lipinski definition) is 5. The molecule has 0 saturated carbocycles. The van der Waals surface area contributed by atoms with Gasteiger partial charge in [-0.25, -0.2) is 0 Å². The monoisotopic (exact) mass is 420 g/mol. The Hall–Kier alpha value is -3.31. The number of methoxy groups -OCH3 is 1. The summed E-state index contributed by atoms with van der Waals surface area (Å²) in [6.07, 6.45) is 9.47. The maximum absolute atomic E-state index is 12.7. The topological polar surface area (TPSA) is 65.0 Å². The summed E-state index contributed by atoms with van der Waals surface area (Å²) in [7, 11) is 1.52. The van der Waals surface area contributed by atoms with Gasteiger partial charge in [-0.2, -0.15) is 0 Å². The molecule has 162 valence electrons. The molecule has 1 aliphatic heterocycles. The summed E-state index contributed by atoms with van der Waals surface area (Å²) < 4.78 is 16.7. The lowest BCUT2D eigenvalue weighted by Crippen LogP contribution is -2.24. The largest absolute Gasteiger partial charge is 0.506 e. The van der Waals surface area contributed by atoms with E-state index in [1.54, 1.807) is 30.4 Å². The minimum absolute atomic E-state index is 0.122. The zero-order chi connectivity index (χ0) is 22.2. The maximum Gasteiger partial charge on any atom is 0.199 e. The fraction of sp³-hybridized carbons (Fsp3) is 0.269. The van der Waals surface area contributed by atoms with Crippen LogP contribution in [0.3, 0.4) is 0 Å². The van der Waals surface area contributed by atoms with Crippen molar-refractivity contribution in [3.8, 4) is 17.2 Å². The fourth-order valence-corrected chi connectivity index (χ4v) is 3.23. The molecule has 0 amide bonds. The molecule has 1 saturated heterocycles. The third kappa shape index (κ3) is 6.09. The highest BCUT2D eigenvalue weighted by atomic mass is 16.7. The quantitative estimate of drug-likeness (QED) is 0.333. The third-order valence-corrected chi connectivity index (χ3v) is 4.91. The van der Waals surface area contributed by atoms with Crippen molar-refractivity contribution in [2.24, 2.45) is 0 Å². The van der Waals surface area contributed by atoms with Crippen molar-refractivity contribution in [3.05, 3.63) is 77.4 Å². The van der Waals surface area contributed by atoms with Crippen molar-refractivity contribution in [1.82, 2.24) is 0 Å². The predicted molar refractivity (Wildman–Crippen MR) is 123 cm³/mol. The average molecular weight is 421 g/mol. The van der Waals surface area contributed by atoms with E-state index >= 15 is 0 Å². The highest BCUT2D eigenvalue weighted by molar-refractivity contribution is 6.09. The highest BCUT2D eigenvalue weighted by Crippen LogP contribution is 2.33. The molecule has 5 nitrogen and oxygen atoms in total. The molecular formula is C26H28O5. The summed E-state index contributed by atoms with van der Waals surface area (Å²) in [5, 5.41) is 10.6. The number of ether oxygens (including phenoxy) is 3. The number of rotatable bonds is 8. The molecular weight excluding hydrogens is 392 g/mol. The molecule has 1 N–H and O–H groups in total. The molecule has 0 aliphatic carbocycles. The Kier molecular flexibility index (Phi) is 7.68. The lowest BCUT2D eigenvalue weighted by Gasteiger charge is -2.23. The summed E-state index contributed by atoms with van der Waals surface area (Å²) in [6, 6.07) is 10.7. The van der Waals surface area contributed by atoms with E-state index in [1.165, 1.54) is 13.2 Å². The van der Waals surface area contributed by atoms with Crippen molar-refractivity contribution in [3.63, 3.8) is 0 Å². The average Bonchev–Trinajstić information content (AvgIpc) is 2.78. The Labute approximate surface area is 183 Å². The second-order valence-electron chi connectivity index (χ2n) is 7.44. The van der Waals surface area contributed by atoms with Crippen LogP contribution in [0.25, 0.3) is 12.2 Å². The van der Waals surface area contributed by atoms with E-state index < -0.39 is 0 Å². The number of ketones is 1. The van der Waals surface area contributed by atoms with Crippen LogP contribution in [0.4, 0.5) is 0 Å². The molecule has 1 atom stereocenters. The van der Waals surface area contributed by atoms with Crippen LogP contribution in [-0.4, -0.2) is 30.9 Å². The first kappa shape index (κ1) is 22.4. The van der Waals surface area contributed by atoms with E-state index in [2.05, 4.69) is 6.58 Å². The zero-order valence-corrected chi connectivity index (χ0v) is 18.0. The summed E-state index contributed by atoms with van der Waals surface area (Å²) in [5.41, 5.74) is 2.31. The lowest BCUT2D eigenvalue weighted by molar-refractivity contribution is -0.105. The van der Waals surface area contributed by atoms with Crippen LogP contribution >= 0.6 is 0 Å². The summed E-state index contributed by atoms with van der Waals surface area (Å²) in [4.78, 5) is 12.7. The Morgan fingerprint density at radius 2 is 1.90 bits per heavy atom. The number of carbonyl (C=O) groups is 1. The lowest BCUT2D eigenvalue weighted by atomic mass is 10.0. The van der Waals surface area contributed by atoms with E-state index in [-0.39, 0.29) is 23.4 Å². The van der Waals surface area contributed by atoms with Crippen LogP contribution in [0.2, 0.25) is 0 Å². The van der Waals surface area contributed by atoms with E-state index in [0.717, 1.165) is 42.8 Å². The molecule has 1 fully saturated rings.